The lowest BCUT2D eigenvalue weighted by molar-refractivity contribution is 0.0520. The van der Waals surface area contributed by atoms with Crippen LogP contribution in [-0.4, -0.2) is 19.2 Å². The summed E-state index contributed by atoms with van der Waals surface area (Å²) in [6.07, 6.45) is 0. The highest BCUT2D eigenvalue weighted by Gasteiger charge is 2.30. The molecule has 3 rings (SSSR count). The Kier molecular flexibility index (Phi) is 8.25. The third kappa shape index (κ3) is 5.27. The van der Waals surface area contributed by atoms with E-state index in [0.717, 1.165) is 33.2 Å². The van der Waals surface area contributed by atoms with Crippen molar-refractivity contribution in [3.05, 3.63) is 69.7 Å². The van der Waals surface area contributed by atoms with Gasteiger partial charge in [0.2, 0.25) is 0 Å². The van der Waals surface area contributed by atoms with Crippen molar-refractivity contribution < 1.29 is 19.0 Å². The lowest BCUT2D eigenvalue weighted by Crippen LogP contribution is -2.15. The zero-order chi connectivity index (χ0) is 24.1. The highest BCUT2D eigenvalue weighted by molar-refractivity contribution is 6.30. The molecule has 0 saturated carbocycles. The summed E-state index contributed by atoms with van der Waals surface area (Å²) in [6, 6.07) is 13.7. The molecule has 0 heterocycles. The van der Waals surface area contributed by atoms with Crippen LogP contribution in [0.2, 0.25) is 5.02 Å². The van der Waals surface area contributed by atoms with Gasteiger partial charge in [0.05, 0.1) is 13.2 Å². The Bertz CT molecular complexity index is 1120. The molecule has 176 valence electrons. The topological polar surface area (TPSA) is 44.8 Å². The fourth-order valence-corrected chi connectivity index (χ4v) is 4.38. The van der Waals surface area contributed by atoms with Crippen molar-refractivity contribution in [3.8, 4) is 11.5 Å². The first-order chi connectivity index (χ1) is 15.8. The zero-order valence-electron chi connectivity index (χ0n) is 20.3. The fraction of sp³-hybridized carbons (Fsp3) is 0.393. The first kappa shape index (κ1) is 24.9. The van der Waals surface area contributed by atoms with Gasteiger partial charge >= 0.3 is 5.97 Å². The molecule has 0 aliphatic carbocycles. The second kappa shape index (κ2) is 10.9. The van der Waals surface area contributed by atoms with Gasteiger partial charge in [-0.3, -0.25) is 0 Å². The smallest absolute Gasteiger partial charge is 0.342 e. The van der Waals surface area contributed by atoms with Gasteiger partial charge in [0.15, 0.2) is 0 Å². The zero-order valence-corrected chi connectivity index (χ0v) is 21.1. The number of esters is 1. The maximum Gasteiger partial charge on any atom is 0.342 e. The fourth-order valence-electron chi connectivity index (χ4n) is 4.25. The molecule has 33 heavy (non-hydrogen) atoms. The molecule has 0 N–H and O–H groups in total. The Morgan fingerprint density at radius 3 is 2.12 bits per heavy atom. The lowest BCUT2D eigenvalue weighted by Gasteiger charge is -2.26. The van der Waals surface area contributed by atoms with Crippen LogP contribution in [0.1, 0.15) is 80.4 Å². The van der Waals surface area contributed by atoms with Crippen molar-refractivity contribution >= 4 is 28.3 Å². The Balaban J connectivity index is 2.30. The van der Waals surface area contributed by atoms with Gasteiger partial charge in [-0.05, 0) is 60.4 Å². The number of ether oxygens (including phenoxy) is 3. The van der Waals surface area contributed by atoms with E-state index < -0.39 is 0 Å². The van der Waals surface area contributed by atoms with Crippen LogP contribution >= 0.6 is 11.6 Å². The molecule has 0 radical (unpaired) electrons. The van der Waals surface area contributed by atoms with Gasteiger partial charge in [0.1, 0.15) is 23.7 Å². The summed E-state index contributed by atoms with van der Waals surface area (Å²) >= 11 is 6.03. The Morgan fingerprint density at radius 2 is 1.55 bits per heavy atom. The molecule has 0 bridgehead atoms. The number of fused-ring (bicyclic) bond motifs is 1. The van der Waals surface area contributed by atoms with Crippen LogP contribution in [0.15, 0.2) is 42.5 Å². The molecule has 5 heteroatoms. The van der Waals surface area contributed by atoms with Crippen molar-refractivity contribution in [2.24, 2.45) is 0 Å². The summed E-state index contributed by atoms with van der Waals surface area (Å²) in [5.74, 6) is 1.21. The monoisotopic (exact) mass is 468 g/mol. The Hall–Kier alpha value is -2.72. The minimum Gasteiger partial charge on any atom is -0.493 e. The number of carbonyl (C=O) groups is 1. The molecule has 0 aliphatic rings. The third-order valence-electron chi connectivity index (χ3n) is 5.56. The summed E-state index contributed by atoms with van der Waals surface area (Å²) in [6.45, 7) is 13.3. The van der Waals surface area contributed by atoms with Crippen LogP contribution in [0.4, 0.5) is 0 Å². The molecule has 0 fully saturated rings. The Morgan fingerprint density at radius 1 is 0.879 bits per heavy atom. The van der Waals surface area contributed by atoms with Crippen LogP contribution in [0, 0.1) is 0 Å². The predicted octanol–water partition coefficient (Wildman–Crippen LogP) is 7.89. The molecule has 0 aliphatic heterocycles. The van der Waals surface area contributed by atoms with E-state index in [1.165, 1.54) is 0 Å². The van der Waals surface area contributed by atoms with E-state index in [-0.39, 0.29) is 17.8 Å². The number of halogens is 1. The average Bonchev–Trinajstić information content (AvgIpc) is 2.77. The van der Waals surface area contributed by atoms with Crippen LogP contribution in [-0.2, 0) is 11.3 Å². The lowest BCUT2D eigenvalue weighted by atomic mass is 9.84. The van der Waals surface area contributed by atoms with E-state index in [9.17, 15) is 4.79 Å². The molecule has 0 unspecified atom stereocenters. The standard InChI is InChI=1S/C28H33ClO4/c1-7-31-27-24(18(5)6)25-21(23(17(3)4)26(27)28(30)32-8-2)10-9-11-22(25)33-16-19-12-14-20(29)15-13-19/h9-15,17-18H,7-8,16H2,1-6H3. The maximum absolute atomic E-state index is 13.2. The summed E-state index contributed by atoms with van der Waals surface area (Å²) in [5, 5.41) is 2.68. The summed E-state index contributed by atoms with van der Waals surface area (Å²) < 4.78 is 18.0. The van der Waals surface area contributed by atoms with Gasteiger partial charge in [0.25, 0.3) is 0 Å². The van der Waals surface area contributed by atoms with Gasteiger partial charge < -0.3 is 14.2 Å². The first-order valence-electron chi connectivity index (χ1n) is 11.6. The summed E-state index contributed by atoms with van der Waals surface area (Å²) in [5.41, 5.74) is 3.44. The number of rotatable bonds is 9. The van der Waals surface area contributed by atoms with Crippen molar-refractivity contribution in [1.82, 2.24) is 0 Å². The van der Waals surface area contributed by atoms with E-state index in [0.29, 0.717) is 36.2 Å². The van der Waals surface area contributed by atoms with Crippen LogP contribution in [0.5, 0.6) is 11.5 Å². The van der Waals surface area contributed by atoms with Gasteiger partial charge in [0, 0.05) is 16.0 Å². The Labute approximate surface area is 201 Å². The number of carbonyl (C=O) groups excluding carboxylic acids is 1. The third-order valence-corrected chi connectivity index (χ3v) is 5.81. The highest BCUT2D eigenvalue weighted by Crippen LogP contribution is 2.46. The molecular formula is C28H33ClO4. The van der Waals surface area contributed by atoms with Gasteiger partial charge in [-0.25, -0.2) is 4.79 Å². The van der Waals surface area contributed by atoms with Crippen molar-refractivity contribution in [1.29, 1.82) is 0 Å². The summed E-state index contributed by atoms with van der Waals surface area (Å²) in [7, 11) is 0. The predicted molar refractivity (Wildman–Crippen MR) is 135 cm³/mol. The largest absolute Gasteiger partial charge is 0.493 e. The SMILES string of the molecule is CCOC(=O)c1c(OCC)c(C(C)C)c2c(OCc3ccc(Cl)cc3)cccc2c1C(C)C. The molecule has 3 aromatic carbocycles. The van der Waals surface area contributed by atoms with E-state index in [1.807, 2.05) is 50.2 Å². The van der Waals surface area contributed by atoms with Gasteiger partial charge in [-0.2, -0.15) is 0 Å². The molecule has 0 aromatic heterocycles. The van der Waals surface area contributed by atoms with Crippen LogP contribution in [0.3, 0.4) is 0 Å². The quantitative estimate of drug-likeness (QED) is 0.299. The van der Waals surface area contributed by atoms with Crippen molar-refractivity contribution in [3.63, 3.8) is 0 Å². The minimum atomic E-state index is -0.346. The maximum atomic E-state index is 13.2. The van der Waals surface area contributed by atoms with Crippen LogP contribution < -0.4 is 9.47 Å². The molecule has 0 saturated heterocycles. The molecule has 3 aromatic rings. The number of benzene rings is 3. The minimum absolute atomic E-state index is 0.0823. The second-order valence-corrected chi connectivity index (χ2v) is 9.02. The van der Waals surface area contributed by atoms with Crippen molar-refractivity contribution in [2.45, 2.75) is 60.0 Å². The van der Waals surface area contributed by atoms with Gasteiger partial charge in [-0.15, -0.1) is 0 Å². The molecule has 0 amide bonds. The normalized spacial score (nSPS) is 11.3. The summed E-state index contributed by atoms with van der Waals surface area (Å²) in [4.78, 5) is 13.2. The molecule has 4 nitrogen and oxygen atoms in total. The van der Waals surface area contributed by atoms with Crippen LogP contribution in [0.25, 0.3) is 10.8 Å². The number of hydrogen-bond acceptors (Lipinski definition) is 4. The molecule has 0 spiro atoms. The first-order valence-corrected chi connectivity index (χ1v) is 12.0. The van der Waals surface area contributed by atoms with E-state index >= 15 is 0 Å². The number of hydrogen-bond donors (Lipinski definition) is 0. The molecule has 0 atom stereocenters. The second-order valence-electron chi connectivity index (χ2n) is 8.59. The van der Waals surface area contributed by atoms with Crippen molar-refractivity contribution in [2.75, 3.05) is 13.2 Å². The molecular weight excluding hydrogens is 436 g/mol. The average molecular weight is 469 g/mol. The van der Waals surface area contributed by atoms with E-state index in [2.05, 4.69) is 33.8 Å². The van der Waals surface area contributed by atoms with Gasteiger partial charge in [-0.1, -0.05) is 63.6 Å². The highest BCUT2D eigenvalue weighted by atomic mass is 35.5. The van der Waals surface area contributed by atoms with E-state index in [4.69, 9.17) is 25.8 Å². The van der Waals surface area contributed by atoms with E-state index in [1.54, 1.807) is 0 Å².